The summed E-state index contributed by atoms with van der Waals surface area (Å²) in [6.45, 7) is 7.20. The van der Waals surface area contributed by atoms with Gasteiger partial charge in [0, 0.05) is 5.69 Å². The van der Waals surface area contributed by atoms with E-state index in [1.165, 1.54) is 11.1 Å². The number of rotatable bonds is 4. The van der Waals surface area contributed by atoms with Gasteiger partial charge < -0.3 is 5.32 Å². The van der Waals surface area contributed by atoms with Gasteiger partial charge in [-0.2, -0.15) is 0 Å². The number of aromatic nitrogens is 1. The first-order valence-electron chi connectivity index (χ1n) is 6.44. The van der Waals surface area contributed by atoms with Crippen LogP contribution in [-0.4, -0.2) is 11.5 Å². The van der Waals surface area contributed by atoms with E-state index in [1.54, 1.807) is 0 Å². The number of hydrogen-bond acceptors (Lipinski definition) is 2. The van der Waals surface area contributed by atoms with E-state index in [1.807, 2.05) is 13.0 Å². The quantitative estimate of drug-likeness (QED) is 0.886. The summed E-state index contributed by atoms with van der Waals surface area (Å²) in [5.74, 6) is 0. The summed E-state index contributed by atoms with van der Waals surface area (Å²) in [6, 6.07) is 15.0. The number of nitrogens with zero attached hydrogens (tertiary/aromatic N) is 1. The van der Waals surface area contributed by atoms with Crippen molar-refractivity contribution in [3.8, 4) is 0 Å². The van der Waals surface area contributed by atoms with E-state index in [4.69, 9.17) is 0 Å². The van der Waals surface area contributed by atoms with Gasteiger partial charge in [0.1, 0.15) is 0 Å². The molecule has 0 radical (unpaired) electrons. The molecule has 2 heteroatoms. The molecular formula is C16H20N2. The van der Waals surface area contributed by atoms with Crippen molar-refractivity contribution >= 4 is 0 Å². The van der Waals surface area contributed by atoms with E-state index < -0.39 is 0 Å². The topological polar surface area (TPSA) is 24.9 Å². The van der Waals surface area contributed by atoms with Gasteiger partial charge in [0.2, 0.25) is 0 Å². The van der Waals surface area contributed by atoms with Crippen molar-refractivity contribution in [3.63, 3.8) is 0 Å². The maximum Gasteiger partial charge on any atom is 0.0751 e. The van der Waals surface area contributed by atoms with E-state index >= 15 is 0 Å². The van der Waals surface area contributed by atoms with Crippen molar-refractivity contribution in [1.82, 2.24) is 10.3 Å². The molecule has 2 aromatic rings. The summed E-state index contributed by atoms with van der Waals surface area (Å²) in [6.07, 6.45) is 0. The van der Waals surface area contributed by atoms with Crippen LogP contribution in [0.5, 0.6) is 0 Å². The molecule has 0 aliphatic rings. The minimum Gasteiger partial charge on any atom is -0.305 e. The highest BCUT2D eigenvalue weighted by atomic mass is 14.9. The number of pyridine rings is 1. The Morgan fingerprint density at radius 1 is 1.11 bits per heavy atom. The van der Waals surface area contributed by atoms with Gasteiger partial charge in [0.15, 0.2) is 0 Å². The first kappa shape index (κ1) is 12.8. The normalized spacial score (nSPS) is 12.4. The molecule has 2 nitrogen and oxygen atoms in total. The smallest absolute Gasteiger partial charge is 0.0751 e. The molecule has 0 saturated heterocycles. The lowest BCUT2D eigenvalue weighted by atomic mass is 10.0. The molecule has 0 amide bonds. The molecule has 0 saturated carbocycles. The Kier molecular flexibility index (Phi) is 4.11. The minimum absolute atomic E-state index is 0.176. The summed E-state index contributed by atoms with van der Waals surface area (Å²) >= 11 is 0. The zero-order valence-corrected chi connectivity index (χ0v) is 11.3. The van der Waals surface area contributed by atoms with Gasteiger partial charge >= 0.3 is 0 Å². The van der Waals surface area contributed by atoms with Crippen LogP contribution in [0, 0.1) is 13.8 Å². The lowest BCUT2D eigenvalue weighted by Crippen LogP contribution is -2.23. The first-order chi connectivity index (χ1) is 8.70. The van der Waals surface area contributed by atoms with Crippen LogP contribution in [0.4, 0.5) is 0 Å². The van der Waals surface area contributed by atoms with Crippen LogP contribution < -0.4 is 5.32 Å². The number of nitrogens with one attached hydrogen (secondary N) is 1. The Morgan fingerprint density at radius 2 is 1.89 bits per heavy atom. The molecule has 18 heavy (non-hydrogen) atoms. The summed E-state index contributed by atoms with van der Waals surface area (Å²) in [5.41, 5.74) is 4.70. The van der Waals surface area contributed by atoms with E-state index in [9.17, 15) is 0 Å². The predicted molar refractivity (Wildman–Crippen MR) is 75.7 cm³/mol. The Morgan fingerprint density at radius 3 is 2.56 bits per heavy atom. The molecular weight excluding hydrogens is 220 g/mol. The van der Waals surface area contributed by atoms with Crippen LogP contribution in [0.3, 0.4) is 0 Å². The van der Waals surface area contributed by atoms with Crippen molar-refractivity contribution in [2.24, 2.45) is 0 Å². The molecule has 1 aromatic heterocycles. The molecule has 94 valence electrons. The average Bonchev–Trinajstić information content (AvgIpc) is 2.36. The van der Waals surface area contributed by atoms with E-state index in [0.29, 0.717) is 0 Å². The molecule has 2 rings (SSSR count). The van der Waals surface area contributed by atoms with Gasteiger partial charge in [-0.05, 0) is 38.1 Å². The second kappa shape index (κ2) is 5.78. The maximum absolute atomic E-state index is 4.64. The molecule has 0 bridgehead atoms. The minimum atomic E-state index is 0.176. The Hall–Kier alpha value is -1.67. The molecule has 1 atom stereocenters. The van der Waals surface area contributed by atoms with Crippen LogP contribution in [0.15, 0.2) is 42.5 Å². The molecule has 1 N–H and O–H groups in total. The standard InChI is InChI=1S/C16H20N2/c1-4-17-16(14-9-5-7-12(2)11-14)15-10-6-8-13(3)18-15/h5-11,16-17H,4H2,1-3H3. The number of hydrogen-bond donors (Lipinski definition) is 1. The average molecular weight is 240 g/mol. The zero-order chi connectivity index (χ0) is 13.0. The predicted octanol–water partition coefficient (Wildman–Crippen LogP) is 3.40. The molecule has 0 aliphatic heterocycles. The van der Waals surface area contributed by atoms with Gasteiger partial charge in [0.05, 0.1) is 11.7 Å². The van der Waals surface area contributed by atoms with Crippen molar-refractivity contribution in [3.05, 3.63) is 65.0 Å². The third-order valence-corrected chi connectivity index (χ3v) is 2.99. The highest BCUT2D eigenvalue weighted by Crippen LogP contribution is 2.21. The first-order valence-corrected chi connectivity index (χ1v) is 6.44. The summed E-state index contributed by atoms with van der Waals surface area (Å²) in [4.78, 5) is 4.64. The van der Waals surface area contributed by atoms with Crippen molar-refractivity contribution in [2.45, 2.75) is 26.8 Å². The highest BCUT2D eigenvalue weighted by molar-refractivity contribution is 5.31. The third-order valence-electron chi connectivity index (χ3n) is 2.99. The van der Waals surface area contributed by atoms with Crippen molar-refractivity contribution in [2.75, 3.05) is 6.54 Å². The Bertz CT molecular complexity index is 475. The fraction of sp³-hybridized carbons (Fsp3) is 0.312. The maximum atomic E-state index is 4.64. The summed E-state index contributed by atoms with van der Waals surface area (Å²) in [7, 11) is 0. The second-order valence-corrected chi connectivity index (χ2v) is 4.61. The molecule has 1 unspecified atom stereocenters. The Labute approximate surface area is 109 Å². The molecule has 1 aromatic carbocycles. The van der Waals surface area contributed by atoms with E-state index in [-0.39, 0.29) is 6.04 Å². The van der Waals surface area contributed by atoms with Gasteiger partial charge in [-0.3, -0.25) is 4.98 Å². The van der Waals surface area contributed by atoms with Gasteiger partial charge in [0.25, 0.3) is 0 Å². The highest BCUT2D eigenvalue weighted by Gasteiger charge is 2.14. The largest absolute Gasteiger partial charge is 0.305 e. The monoisotopic (exact) mass is 240 g/mol. The van der Waals surface area contributed by atoms with E-state index in [2.05, 4.69) is 60.5 Å². The van der Waals surface area contributed by atoms with Crippen molar-refractivity contribution in [1.29, 1.82) is 0 Å². The molecule has 0 spiro atoms. The van der Waals surface area contributed by atoms with Gasteiger partial charge in [-0.25, -0.2) is 0 Å². The molecule has 0 fully saturated rings. The SMILES string of the molecule is CCNC(c1cccc(C)c1)c1cccc(C)n1. The molecule has 1 heterocycles. The zero-order valence-electron chi connectivity index (χ0n) is 11.3. The lowest BCUT2D eigenvalue weighted by molar-refractivity contribution is 0.614. The molecule has 0 aliphatic carbocycles. The van der Waals surface area contributed by atoms with Gasteiger partial charge in [-0.1, -0.05) is 42.8 Å². The third kappa shape index (κ3) is 2.96. The van der Waals surface area contributed by atoms with Crippen LogP contribution in [-0.2, 0) is 0 Å². The number of aryl methyl sites for hydroxylation is 2. The van der Waals surface area contributed by atoms with E-state index in [0.717, 1.165) is 17.9 Å². The second-order valence-electron chi connectivity index (χ2n) is 4.61. The summed E-state index contributed by atoms with van der Waals surface area (Å²) < 4.78 is 0. The van der Waals surface area contributed by atoms with Crippen LogP contribution in [0.1, 0.15) is 35.5 Å². The van der Waals surface area contributed by atoms with Gasteiger partial charge in [-0.15, -0.1) is 0 Å². The van der Waals surface area contributed by atoms with Crippen molar-refractivity contribution < 1.29 is 0 Å². The van der Waals surface area contributed by atoms with Crippen LogP contribution in [0.25, 0.3) is 0 Å². The van der Waals surface area contributed by atoms with Crippen LogP contribution in [0.2, 0.25) is 0 Å². The number of benzene rings is 1. The lowest BCUT2D eigenvalue weighted by Gasteiger charge is -2.18. The Balaban J connectivity index is 2.39. The fourth-order valence-electron chi connectivity index (χ4n) is 2.17. The van der Waals surface area contributed by atoms with Crippen LogP contribution >= 0.6 is 0 Å². The fourth-order valence-corrected chi connectivity index (χ4v) is 2.17. The summed E-state index contributed by atoms with van der Waals surface area (Å²) in [5, 5.41) is 3.51.